The third kappa shape index (κ3) is 6.02. The summed E-state index contributed by atoms with van der Waals surface area (Å²) in [5, 5.41) is 10.6. The number of rotatable bonds is 12. The summed E-state index contributed by atoms with van der Waals surface area (Å²) < 4.78 is 5.46. The number of aromatic nitrogens is 1. The molecule has 1 fully saturated rings. The standard InChI is InChI=1S/C25H33N5O2/c1-3-30(11-12-32-4-2)17-18-5-7-20(8-6-18)29-25(31)23-13-22(23)24-16-28-10-9-21(24)19(14-26)15-27/h5-10,14-16,22-23,26H,3-4,11-13,17,27H2,1-2H3,(H,29,31)/b19-15+,26-14?. The van der Waals surface area contributed by atoms with Crippen LogP contribution in [0.25, 0.3) is 5.57 Å². The normalized spacial score (nSPS) is 17.9. The van der Waals surface area contributed by atoms with Gasteiger partial charge < -0.3 is 21.2 Å². The Kier molecular flexibility index (Phi) is 8.53. The molecule has 32 heavy (non-hydrogen) atoms. The molecule has 7 nitrogen and oxygen atoms in total. The molecule has 0 spiro atoms. The number of pyridine rings is 1. The van der Waals surface area contributed by atoms with E-state index in [9.17, 15) is 4.79 Å². The van der Waals surface area contributed by atoms with E-state index in [4.69, 9.17) is 15.9 Å². The lowest BCUT2D eigenvalue weighted by Gasteiger charge is -2.20. The minimum atomic E-state index is -0.100. The third-order valence-corrected chi connectivity index (χ3v) is 5.86. The van der Waals surface area contributed by atoms with E-state index in [1.54, 1.807) is 12.4 Å². The highest BCUT2D eigenvalue weighted by Crippen LogP contribution is 2.49. The van der Waals surface area contributed by atoms with E-state index >= 15 is 0 Å². The van der Waals surface area contributed by atoms with E-state index in [2.05, 4.69) is 34.3 Å². The molecule has 0 saturated heterocycles. The molecule has 0 bridgehead atoms. The molecule has 1 aliphatic rings. The molecule has 4 N–H and O–H groups in total. The van der Waals surface area contributed by atoms with Crippen LogP contribution in [0.2, 0.25) is 0 Å². The molecule has 0 aliphatic heterocycles. The molecule has 2 unspecified atom stereocenters. The number of likely N-dealkylation sites (N-methyl/N-ethyl adjacent to an activating group) is 1. The fourth-order valence-electron chi connectivity index (χ4n) is 3.88. The lowest BCUT2D eigenvalue weighted by atomic mass is 9.99. The van der Waals surface area contributed by atoms with Gasteiger partial charge in [-0.2, -0.15) is 0 Å². The van der Waals surface area contributed by atoms with Crippen LogP contribution in [0.5, 0.6) is 0 Å². The molecule has 2 atom stereocenters. The average molecular weight is 436 g/mol. The highest BCUT2D eigenvalue weighted by atomic mass is 16.5. The summed E-state index contributed by atoms with van der Waals surface area (Å²) in [6, 6.07) is 9.89. The smallest absolute Gasteiger partial charge is 0.228 e. The highest BCUT2D eigenvalue weighted by molar-refractivity contribution is 6.09. The number of hydrogen-bond donors (Lipinski definition) is 3. The fraction of sp³-hybridized carbons (Fsp3) is 0.400. The van der Waals surface area contributed by atoms with Gasteiger partial charge in [0.2, 0.25) is 5.91 Å². The Morgan fingerprint density at radius 3 is 2.75 bits per heavy atom. The number of carbonyl (C=O) groups is 1. The monoisotopic (exact) mass is 435 g/mol. The molecular weight excluding hydrogens is 402 g/mol. The maximum Gasteiger partial charge on any atom is 0.228 e. The molecule has 1 amide bonds. The zero-order chi connectivity index (χ0) is 22.9. The molecule has 7 heteroatoms. The Morgan fingerprint density at radius 2 is 2.09 bits per heavy atom. The Bertz CT molecular complexity index is 942. The SMILES string of the molecule is CCOCCN(CC)Cc1ccc(NC(=O)C2CC2c2cnccc2/C(C=N)=C/N)cc1. The number of nitrogens with zero attached hydrogens (tertiary/aromatic N) is 2. The molecule has 1 heterocycles. The second-order valence-corrected chi connectivity index (χ2v) is 7.93. The van der Waals surface area contributed by atoms with Gasteiger partial charge in [0.05, 0.1) is 6.61 Å². The molecule has 2 aromatic rings. The molecular formula is C25H33N5O2. The van der Waals surface area contributed by atoms with Gasteiger partial charge in [-0.05, 0) is 60.7 Å². The van der Waals surface area contributed by atoms with Gasteiger partial charge in [-0.1, -0.05) is 19.1 Å². The lowest BCUT2D eigenvalue weighted by molar-refractivity contribution is -0.117. The first-order chi connectivity index (χ1) is 15.6. The quantitative estimate of drug-likeness (QED) is 0.349. The van der Waals surface area contributed by atoms with Crippen LogP contribution in [0.4, 0.5) is 5.69 Å². The second kappa shape index (κ2) is 11.5. The van der Waals surface area contributed by atoms with E-state index in [1.807, 2.05) is 25.1 Å². The number of ether oxygens (including phenoxy) is 1. The van der Waals surface area contributed by atoms with Crippen LogP contribution >= 0.6 is 0 Å². The van der Waals surface area contributed by atoms with Crippen molar-refractivity contribution in [2.24, 2.45) is 11.7 Å². The summed E-state index contributed by atoms with van der Waals surface area (Å²) in [4.78, 5) is 19.3. The Labute approximate surface area is 190 Å². The Morgan fingerprint density at radius 1 is 1.31 bits per heavy atom. The largest absolute Gasteiger partial charge is 0.404 e. The van der Waals surface area contributed by atoms with Crippen molar-refractivity contribution in [2.45, 2.75) is 32.7 Å². The fourth-order valence-corrected chi connectivity index (χ4v) is 3.88. The summed E-state index contributed by atoms with van der Waals surface area (Å²) >= 11 is 0. The van der Waals surface area contributed by atoms with Crippen LogP contribution in [0.3, 0.4) is 0 Å². The van der Waals surface area contributed by atoms with Crippen LogP contribution in [0.1, 0.15) is 42.9 Å². The summed E-state index contributed by atoms with van der Waals surface area (Å²) in [7, 11) is 0. The van der Waals surface area contributed by atoms with Gasteiger partial charge >= 0.3 is 0 Å². The van der Waals surface area contributed by atoms with Crippen LogP contribution in [0.15, 0.2) is 48.9 Å². The van der Waals surface area contributed by atoms with Crippen molar-refractivity contribution in [3.63, 3.8) is 0 Å². The topological polar surface area (TPSA) is 104 Å². The molecule has 1 aliphatic carbocycles. The number of benzene rings is 1. The maximum atomic E-state index is 12.8. The second-order valence-electron chi connectivity index (χ2n) is 7.93. The molecule has 3 rings (SSSR count). The highest BCUT2D eigenvalue weighted by Gasteiger charge is 2.45. The summed E-state index contributed by atoms with van der Waals surface area (Å²) in [5.74, 6) is 0.00504. The average Bonchev–Trinajstić information content (AvgIpc) is 3.62. The number of anilines is 1. The lowest BCUT2D eigenvalue weighted by Crippen LogP contribution is -2.27. The zero-order valence-electron chi connectivity index (χ0n) is 18.9. The van der Waals surface area contributed by atoms with Crippen LogP contribution in [0, 0.1) is 11.3 Å². The van der Waals surface area contributed by atoms with E-state index in [0.29, 0.717) is 5.57 Å². The summed E-state index contributed by atoms with van der Waals surface area (Å²) in [6.45, 7) is 8.36. The van der Waals surface area contributed by atoms with Crippen molar-refractivity contribution in [3.05, 3.63) is 65.6 Å². The molecule has 1 aromatic heterocycles. The van der Waals surface area contributed by atoms with Crippen LogP contribution in [-0.2, 0) is 16.1 Å². The van der Waals surface area contributed by atoms with Gasteiger partial charge in [-0.3, -0.25) is 14.7 Å². The molecule has 1 aromatic carbocycles. The van der Waals surface area contributed by atoms with E-state index < -0.39 is 0 Å². The minimum Gasteiger partial charge on any atom is -0.404 e. The maximum absolute atomic E-state index is 12.8. The van der Waals surface area contributed by atoms with E-state index in [-0.39, 0.29) is 17.7 Å². The third-order valence-electron chi connectivity index (χ3n) is 5.86. The number of allylic oxidation sites excluding steroid dienone is 1. The van der Waals surface area contributed by atoms with Gasteiger partial charge in [-0.15, -0.1) is 0 Å². The van der Waals surface area contributed by atoms with Crippen molar-refractivity contribution < 1.29 is 9.53 Å². The van der Waals surface area contributed by atoms with Crippen molar-refractivity contribution in [3.8, 4) is 0 Å². The Hall–Kier alpha value is -3.03. The van der Waals surface area contributed by atoms with Crippen molar-refractivity contribution in [2.75, 3.05) is 31.6 Å². The summed E-state index contributed by atoms with van der Waals surface area (Å²) in [5.41, 5.74) is 10.1. The molecule has 1 saturated carbocycles. The first kappa shape index (κ1) is 23.6. The predicted octanol–water partition coefficient (Wildman–Crippen LogP) is 3.63. The first-order valence-electron chi connectivity index (χ1n) is 11.2. The first-order valence-corrected chi connectivity index (χ1v) is 11.2. The summed E-state index contributed by atoms with van der Waals surface area (Å²) in [6.07, 6.45) is 6.88. The number of carbonyl (C=O) groups excluding carboxylic acids is 1. The van der Waals surface area contributed by atoms with Gasteiger partial charge in [0, 0.05) is 61.7 Å². The van der Waals surface area contributed by atoms with Crippen LogP contribution in [-0.4, -0.2) is 48.3 Å². The Balaban J connectivity index is 1.57. The number of nitrogens with one attached hydrogen (secondary N) is 2. The zero-order valence-corrected chi connectivity index (χ0v) is 18.9. The van der Waals surface area contributed by atoms with Crippen molar-refractivity contribution >= 4 is 23.4 Å². The van der Waals surface area contributed by atoms with Gasteiger partial charge in [0.15, 0.2) is 0 Å². The predicted molar refractivity (Wildman–Crippen MR) is 129 cm³/mol. The molecule has 0 radical (unpaired) electrons. The number of nitrogens with two attached hydrogens (primary N) is 1. The van der Waals surface area contributed by atoms with E-state index in [1.165, 1.54) is 18.0 Å². The van der Waals surface area contributed by atoms with Gasteiger partial charge in [-0.25, -0.2) is 0 Å². The minimum absolute atomic E-state index is 0.0117. The van der Waals surface area contributed by atoms with Gasteiger partial charge in [0.1, 0.15) is 0 Å². The number of amides is 1. The van der Waals surface area contributed by atoms with Crippen molar-refractivity contribution in [1.29, 1.82) is 5.41 Å². The van der Waals surface area contributed by atoms with Gasteiger partial charge in [0.25, 0.3) is 0 Å². The van der Waals surface area contributed by atoms with E-state index in [0.717, 1.165) is 56.1 Å². The number of hydrogen-bond acceptors (Lipinski definition) is 6. The van der Waals surface area contributed by atoms with Crippen molar-refractivity contribution in [1.82, 2.24) is 9.88 Å². The van der Waals surface area contributed by atoms with Crippen LogP contribution < -0.4 is 11.1 Å². The molecule has 170 valence electrons.